The predicted octanol–water partition coefficient (Wildman–Crippen LogP) is 7.43. The number of amides is 3. The zero-order chi connectivity index (χ0) is 33.2. The molecule has 46 heavy (non-hydrogen) atoms. The monoisotopic (exact) mass is 654 g/mol. The van der Waals surface area contributed by atoms with Crippen LogP contribution in [-0.4, -0.2) is 50.0 Å². The molecule has 1 aliphatic heterocycles. The van der Waals surface area contributed by atoms with Crippen LogP contribution in [0.25, 0.3) is 17.1 Å². The first-order valence-corrected chi connectivity index (χ1v) is 15.3. The van der Waals surface area contributed by atoms with Gasteiger partial charge in [0.15, 0.2) is 11.0 Å². The lowest BCUT2D eigenvalue weighted by atomic mass is 9.93. The summed E-state index contributed by atoms with van der Waals surface area (Å²) in [5, 5.41) is 7.55. The van der Waals surface area contributed by atoms with Gasteiger partial charge in [-0.25, -0.2) is 18.9 Å². The van der Waals surface area contributed by atoms with Gasteiger partial charge in [-0.2, -0.15) is 4.99 Å². The molecule has 3 aromatic carbocycles. The molecule has 4 aromatic rings. The van der Waals surface area contributed by atoms with E-state index >= 15 is 0 Å². The molecule has 0 spiro atoms. The Kier molecular flexibility index (Phi) is 9.47. The maximum atomic E-state index is 13.9. The van der Waals surface area contributed by atoms with Crippen LogP contribution < -0.4 is 15.0 Å². The Morgan fingerprint density at radius 3 is 2.37 bits per heavy atom. The number of nitrogens with one attached hydrogen (secondary N) is 1. The van der Waals surface area contributed by atoms with Gasteiger partial charge in [0.25, 0.3) is 0 Å². The topological polar surface area (TPSA) is 102 Å². The minimum absolute atomic E-state index is 0.0552. The van der Waals surface area contributed by atoms with Crippen molar-refractivity contribution in [1.82, 2.24) is 20.1 Å². The molecule has 1 N–H and O–H groups in total. The summed E-state index contributed by atoms with van der Waals surface area (Å²) in [7, 11) is 0. The molecule has 2 heterocycles. The molecular weight excluding hydrogens is 624 g/mol. The SMILES string of the molecule is CC(C)c1cc(F)ccc1N1C(=O)CSC1=NC(=O)NC(C)C(C)c1ccc(-c2ncn(-c3ccc(OC(F)(F)F)cc3)n2)cc1. The first-order valence-electron chi connectivity index (χ1n) is 14.3. The molecule has 1 saturated heterocycles. The average Bonchev–Trinajstić information content (AvgIpc) is 3.63. The Bertz CT molecular complexity index is 1760. The summed E-state index contributed by atoms with van der Waals surface area (Å²) in [6.07, 6.45) is -3.31. The van der Waals surface area contributed by atoms with Crippen molar-refractivity contribution in [2.75, 3.05) is 10.7 Å². The van der Waals surface area contributed by atoms with Crippen LogP contribution in [0.3, 0.4) is 0 Å². The highest BCUT2D eigenvalue weighted by Crippen LogP contribution is 2.34. The number of thioether (sulfide) groups is 1. The molecule has 9 nitrogen and oxygen atoms in total. The van der Waals surface area contributed by atoms with Gasteiger partial charge in [0.1, 0.15) is 17.9 Å². The first kappa shape index (κ1) is 32.7. The van der Waals surface area contributed by atoms with E-state index in [1.807, 2.05) is 52.0 Å². The largest absolute Gasteiger partial charge is 0.573 e. The molecule has 0 radical (unpaired) electrons. The Balaban J connectivity index is 1.23. The molecule has 240 valence electrons. The van der Waals surface area contributed by atoms with E-state index < -0.39 is 18.2 Å². The van der Waals surface area contributed by atoms with Gasteiger partial charge in [-0.05, 0) is 66.4 Å². The number of benzene rings is 3. The van der Waals surface area contributed by atoms with Crippen molar-refractivity contribution in [2.24, 2.45) is 4.99 Å². The van der Waals surface area contributed by atoms with Gasteiger partial charge in [-0.15, -0.1) is 18.3 Å². The van der Waals surface area contributed by atoms with Crippen LogP contribution >= 0.6 is 11.8 Å². The van der Waals surface area contributed by atoms with E-state index in [-0.39, 0.29) is 40.5 Å². The molecule has 1 aliphatic rings. The lowest BCUT2D eigenvalue weighted by molar-refractivity contribution is -0.274. The van der Waals surface area contributed by atoms with E-state index in [1.165, 1.54) is 58.4 Å². The van der Waals surface area contributed by atoms with Crippen molar-refractivity contribution in [3.8, 4) is 22.8 Å². The summed E-state index contributed by atoms with van der Waals surface area (Å²) >= 11 is 1.15. The number of rotatable bonds is 8. The maximum Gasteiger partial charge on any atom is 0.573 e. The average molecular weight is 655 g/mol. The number of carbonyl (C=O) groups is 2. The number of amidine groups is 1. The minimum Gasteiger partial charge on any atom is -0.406 e. The minimum atomic E-state index is -4.77. The van der Waals surface area contributed by atoms with Crippen LogP contribution in [0.2, 0.25) is 0 Å². The molecule has 3 amide bonds. The number of ether oxygens (including phenoxy) is 1. The summed E-state index contributed by atoms with van der Waals surface area (Å²) in [6, 6.07) is 16.0. The molecule has 2 unspecified atom stereocenters. The summed E-state index contributed by atoms with van der Waals surface area (Å²) in [5.74, 6) is -0.604. The number of alkyl halides is 3. The molecule has 2 atom stereocenters. The van der Waals surface area contributed by atoms with Crippen molar-refractivity contribution < 1.29 is 31.9 Å². The van der Waals surface area contributed by atoms with E-state index in [2.05, 4.69) is 25.1 Å². The van der Waals surface area contributed by atoms with E-state index in [0.29, 0.717) is 22.8 Å². The highest BCUT2D eigenvalue weighted by Gasteiger charge is 2.33. The second-order valence-corrected chi connectivity index (χ2v) is 11.9. The van der Waals surface area contributed by atoms with Crippen LogP contribution in [0, 0.1) is 5.82 Å². The smallest absolute Gasteiger partial charge is 0.406 e. The van der Waals surface area contributed by atoms with Crippen molar-refractivity contribution in [2.45, 2.75) is 51.9 Å². The maximum absolute atomic E-state index is 13.9. The van der Waals surface area contributed by atoms with Gasteiger partial charge in [0.05, 0.1) is 17.1 Å². The molecule has 0 saturated carbocycles. The molecule has 1 aromatic heterocycles. The van der Waals surface area contributed by atoms with E-state index in [0.717, 1.165) is 22.9 Å². The second kappa shape index (κ2) is 13.3. The number of hydrogen-bond acceptors (Lipinski definition) is 6. The Labute approximate surface area is 266 Å². The zero-order valence-electron chi connectivity index (χ0n) is 25.2. The first-order chi connectivity index (χ1) is 21.8. The van der Waals surface area contributed by atoms with E-state index in [4.69, 9.17) is 0 Å². The van der Waals surface area contributed by atoms with Crippen molar-refractivity contribution in [1.29, 1.82) is 0 Å². The molecule has 5 rings (SSSR count). The van der Waals surface area contributed by atoms with Gasteiger partial charge < -0.3 is 10.1 Å². The quantitative estimate of drug-likeness (QED) is 0.198. The predicted molar refractivity (Wildman–Crippen MR) is 168 cm³/mol. The third-order valence-electron chi connectivity index (χ3n) is 7.44. The molecule has 0 aliphatic carbocycles. The Hall–Kier alpha value is -4.72. The van der Waals surface area contributed by atoms with Crippen LogP contribution in [0.4, 0.5) is 28.0 Å². The number of hydrogen-bond donors (Lipinski definition) is 1. The normalized spacial score (nSPS) is 15.8. The fraction of sp³-hybridized carbons (Fsp3) is 0.281. The molecule has 1 fully saturated rings. The van der Waals surface area contributed by atoms with Gasteiger partial charge in [-0.3, -0.25) is 9.69 Å². The third kappa shape index (κ3) is 7.56. The van der Waals surface area contributed by atoms with Gasteiger partial charge in [0, 0.05) is 17.5 Å². The number of anilines is 1. The van der Waals surface area contributed by atoms with Gasteiger partial charge in [0.2, 0.25) is 5.91 Å². The number of carbonyl (C=O) groups excluding carboxylic acids is 2. The fourth-order valence-electron chi connectivity index (χ4n) is 4.86. The van der Waals surface area contributed by atoms with Gasteiger partial charge >= 0.3 is 12.4 Å². The van der Waals surface area contributed by atoms with Crippen LogP contribution in [-0.2, 0) is 4.79 Å². The number of aliphatic imine (C=N–C) groups is 1. The van der Waals surface area contributed by atoms with Crippen molar-refractivity contribution in [3.05, 3.63) is 90.0 Å². The molecular formula is C32H30F4N6O3S. The van der Waals surface area contributed by atoms with E-state index in [1.54, 1.807) is 0 Å². The van der Waals surface area contributed by atoms with Crippen LogP contribution in [0.1, 0.15) is 50.7 Å². The summed E-state index contributed by atoms with van der Waals surface area (Å²) in [6.45, 7) is 7.61. The fourth-order valence-corrected chi connectivity index (χ4v) is 5.72. The van der Waals surface area contributed by atoms with Crippen LogP contribution in [0.5, 0.6) is 5.75 Å². The van der Waals surface area contributed by atoms with Crippen LogP contribution in [0.15, 0.2) is 78.0 Å². The van der Waals surface area contributed by atoms with Crippen molar-refractivity contribution in [3.63, 3.8) is 0 Å². The number of halogens is 4. The summed E-state index contributed by atoms with van der Waals surface area (Å²) in [5.41, 5.74) is 3.31. The highest BCUT2D eigenvalue weighted by molar-refractivity contribution is 8.15. The number of nitrogens with zero attached hydrogens (tertiary/aromatic N) is 5. The molecule has 0 bridgehead atoms. The Morgan fingerprint density at radius 1 is 1.02 bits per heavy atom. The Morgan fingerprint density at radius 2 is 1.72 bits per heavy atom. The summed E-state index contributed by atoms with van der Waals surface area (Å²) in [4.78, 5) is 35.6. The van der Waals surface area contributed by atoms with E-state index in [9.17, 15) is 27.2 Å². The van der Waals surface area contributed by atoms with Gasteiger partial charge in [-0.1, -0.05) is 56.8 Å². The lowest BCUT2D eigenvalue weighted by Crippen LogP contribution is -2.36. The highest BCUT2D eigenvalue weighted by atomic mass is 32.2. The third-order valence-corrected chi connectivity index (χ3v) is 8.36. The lowest BCUT2D eigenvalue weighted by Gasteiger charge is -2.23. The number of aromatic nitrogens is 3. The molecule has 14 heteroatoms. The standard InChI is InChI=1S/C32H30F4N6O3S/c1-18(2)26-15-23(33)9-14-27(26)42-28(43)16-46-31(42)39-30(44)38-20(4)19(3)21-5-7-22(8-6-21)29-37-17-41(40-29)24-10-12-25(13-11-24)45-32(34,35)36/h5-15,17-20H,16H2,1-4H3,(H,38,44). The second-order valence-electron chi connectivity index (χ2n) is 11.0. The number of urea groups is 1. The summed E-state index contributed by atoms with van der Waals surface area (Å²) < 4.78 is 56.6. The van der Waals surface area contributed by atoms with Crippen molar-refractivity contribution >= 4 is 34.6 Å². The zero-order valence-corrected chi connectivity index (χ0v) is 26.1.